The molecule has 4 rings (SSSR count). The second kappa shape index (κ2) is 8.21. The Balaban J connectivity index is 1.64. The third-order valence-electron chi connectivity index (χ3n) is 4.25. The summed E-state index contributed by atoms with van der Waals surface area (Å²) in [6, 6.07) is 15.6. The highest BCUT2D eigenvalue weighted by Gasteiger charge is 2.16. The van der Waals surface area contributed by atoms with Crippen LogP contribution in [0.3, 0.4) is 0 Å². The van der Waals surface area contributed by atoms with Crippen LogP contribution >= 0.6 is 34.5 Å². The van der Waals surface area contributed by atoms with Crippen LogP contribution in [0.5, 0.6) is 0 Å². The van der Waals surface area contributed by atoms with Crippen molar-refractivity contribution >= 4 is 34.5 Å². The third kappa shape index (κ3) is 4.21. The Hall–Kier alpha value is -2.21. The number of hydrogen-bond donors (Lipinski definition) is 0. The minimum absolute atomic E-state index is 0.641. The zero-order chi connectivity index (χ0) is 18.6. The lowest BCUT2D eigenvalue weighted by molar-refractivity contribution is 0.722. The van der Waals surface area contributed by atoms with Crippen LogP contribution in [0.25, 0.3) is 11.5 Å². The second-order valence-electron chi connectivity index (χ2n) is 6.06. The van der Waals surface area contributed by atoms with Crippen molar-refractivity contribution in [2.75, 3.05) is 0 Å². The quantitative estimate of drug-likeness (QED) is 0.415. The van der Waals surface area contributed by atoms with E-state index in [1.54, 1.807) is 23.6 Å². The maximum Gasteiger partial charge on any atom is 0.182 e. The summed E-state index contributed by atoms with van der Waals surface area (Å²) in [5.74, 6) is 1.69. The van der Waals surface area contributed by atoms with Crippen molar-refractivity contribution in [2.45, 2.75) is 19.4 Å². The van der Waals surface area contributed by atoms with E-state index >= 15 is 0 Å². The summed E-state index contributed by atoms with van der Waals surface area (Å²) >= 11 is 14.0. The molecule has 0 aliphatic heterocycles. The van der Waals surface area contributed by atoms with Gasteiger partial charge in [0.2, 0.25) is 0 Å². The normalized spacial score (nSPS) is 11.0. The molecule has 27 heavy (non-hydrogen) atoms. The van der Waals surface area contributed by atoms with Crippen molar-refractivity contribution in [1.29, 1.82) is 0 Å². The number of benzene rings is 1. The van der Waals surface area contributed by atoms with E-state index in [-0.39, 0.29) is 0 Å². The minimum Gasteiger partial charge on any atom is -0.304 e. The zero-order valence-electron chi connectivity index (χ0n) is 14.3. The van der Waals surface area contributed by atoms with E-state index in [0.29, 0.717) is 10.0 Å². The van der Waals surface area contributed by atoms with Gasteiger partial charge in [-0.25, -0.2) is 0 Å². The van der Waals surface area contributed by atoms with Crippen LogP contribution in [-0.4, -0.2) is 19.7 Å². The molecule has 0 fully saturated rings. The Kier molecular flexibility index (Phi) is 5.53. The molecule has 0 N–H and O–H groups in total. The Bertz CT molecular complexity index is 1030. The molecule has 0 radical (unpaired) electrons. The Morgan fingerprint density at radius 1 is 0.963 bits per heavy atom. The highest BCUT2D eigenvalue weighted by molar-refractivity contribution is 7.09. The molecule has 0 amide bonds. The summed E-state index contributed by atoms with van der Waals surface area (Å²) in [4.78, 5) is 5.69. The van der Waals surface area contributed by atoms with Gasteiger partial charge in [0.1, 0.15) is 11.5 Å². The topological polar surface area (TPSA) is 43.6 Å². The maximum absolute atomic E-state index is 6.32. The van der Waals surface area contributed by atoms with Crippen molar-refractivity contribution in [3.05, 3.63) is 86.4 Å². The zero-order valence-corrected chi connectivity index (χ0v) is 16.7. The summed E-state index contributed by atoms with van der Waals surface area (Å²) < 4.78 is 2.14. The van der Waals surface area contributed by atoms with Gasteiger partial charge in [-0.15, -0.1) is 21.5 Å². The molecule has 136 valence electrons. The molecule has 0 spiro atoms. The molecular weight excluding hydrogens is 399 g/mol. The van der Waals surface area contributed by atoms with Crippen molar-refractivity contribution in [2.24, 2.45) is 0 Å². The largest absolute Gasteiger partial charge is 0.304 e. The number of hydrogen-bond acceptors (Lipinski definition) is 4. The predicted molar refractivity (Wildman–Crippen MR) is 111 cm³/mol. The van der Waals surface area contributed by atoms with Gasteiger partial charge in [0.25, 0.3) is 0 Å². The Morgan fingerprint density at radius 3 is 2.63 bits per heavy atom. The van der Waals surface area contributed by atoms with Crippen LogP contribution in [-0.2, 0) is 19.4 Å². The number of halogens is 2. The van der Waals surface area contributed by atoms with Gasteiger partial charge in [-0.1, -0.05) is 41.4 Å². The molecule has 0 aliphatic carbocycles. The van der Waals surface area contributed by atoms with Crippen molar-refractivity contribution in [3.8, 4) is 11.5 Å². The van der Waals surface area contributed by atoms with Crippen molar-refractivity contribution in [1.82, 2.24) is 19.7 Å². The first-order valence-electron chi connectivity index (χ1n) is 8.50. The molecule has 1 aromatic carbocycles. The van der Waals surface area contributed by atoms with E-state index < -0.39 is 0 Å². The van der Waals surface area contributed by atoms with Gasteiger partial charge >= 0.3 is 0 Å². The number of aromatic nitrogens is 4. The van der Waals surface area contributed by atoms with Gasteiger partial charge in [0.05, 0.1) is 6.54 Å². The second-order valence-corrected chi connectivity index (χ2v) is 7.93. The predicted octanol–water partition coefficient (Wildman–Crippen LogP) is 5.54. The van der Waals surface area contributed by atoms with Crippen LogP contribution in [0.15, 0.2) is 60.1 Å². The fourth-order valence-corrected chi connectivity index (χ4v) is 4.10. The van der Waals surface area contributed by atoms with Crippen LogP contribution < -0.4 is 0 Å². The summed E-state index contributed by atoms with van der Waals surface area (Å²) in [5, 5.41) is 12.3. The monoisotopic (exact) mass is 414 g/mol. The number of rotatable bonds is 6. The molecule has 0 saturated carbocycles. The van der Waals surface area contributed by atoms with Crippen LogP contribution in [0.4, 0.5) is 0 Å². The number of aryl methyl sites for hydroxylation is 2. The molecule has 0 aliphatic rings. The summed E-state index contributed by atoms with van der Waals surface area (Å²) in [6.45, 7) is 0.722. The summed E-state index contributed by atoms with van der Waals surface area (Å²) in [7, 11) is 0. The summed E-state index contributed by atoms with van der Waals surface area (Å²) in [6.07, 6.45) is 3.26. The Labute approximate surface area is 171 Å². The van der Waals surface area contributed by atoms with Gasteiger partial charge < -0.3 is 4.57 Å². The molecule has 7 heteroatoms. The molecular formula is C20H16Cl2N4S. The van der Waals surface area contributed by atoms with E-state index in [1.807, 2.05) is 30.3 Å². The van der Waals surface area contributed by atoms with Gasteiger partial charge in [0.15, 0.2) is 5.82 Å². The fraction of sp³-hybridized carbons (Fsp3) is 0.150. The van der Waals surface area contributed by atoms with Crippen LogP contribution in [0.2, 0.25) is 10.0 Å². The van der Waals surface area contributed by atoms with E-state index in [2.05, 4.69) is 37.3 Å². The number of nitrogens with zero attached hydrogens (tertiary/aromatic N) is 4. The average molecular weight is 415 g/mol. The molecule has 0 unspecified atom stereocenters. The van der Waals surface area contributed by atoms with Gasteiger partial charge in [0, 0.05) is 27.5 Å². The molecule has 4 aromatic rings. The summed E-state index contributed by atoms with van der Waals surface area (Å²) in [5.41, 5.74) is 1.86. The van der Waals surface area contributed by atoms with E-state index in [1.165, 1.54) is 4.88 Å². The lowest BCUT2D eigenvalue weighted by atomic mass is 10.1. The van der Waals surface area contributed by atoms with Gasteiger partial charge in [-0.05, 0) is 47.7 Å². The highest BCUT2D eigenvalue weighted by Crippen LogP contribution is 2.24. The highest BCUT2D eigenvalue weighted by atomic mass is 35.5. The minimum atomic E-state index is 0.641. The standard InChI is InChI=1S/C20H16Cl2N4S/c21-15-8-6-14(17(22)12-15)7-9-19-24-25-20(18-5-1-2-10-23-18)26(19)13-16-4-3-11-27-16/h1-6,8,10-12H,7,9,13H2. The average Bonchev–Trinajstić information content (AvgIpc) is 3.32. The number of pyridine rings is 1. The third-order valence-corrected chi connectivity index (χ3v) is 5.70. The van der Waals surface area contributed by atoms with E-state index in [9.17, 15) is 0 Å². The first kappa shape index (κ1) is 18.2. The smallest absolute Gasteiger partial charge is 0.182 e. The lowest BCUT2D eigenvalue weighted by Gasteiger charge is -2.10. The number of thiophene rings is 1. The molecule has 0 bridgehead atoms. The molecule has 4 nitrogen and oxygen atoms in total. The van der Waals surface area contributed by atoms with E-state index in [0.717, 1.165) is 42.3 Å². The van der Waals surface area contributed by atoms with E-state index in [4.69, 9.17) is 23.2 Å². The fourth-order valence-electron chi connectivity index (χ4n) is 2.90. The first-order valence-corrected chi connectivity index (χ1v) is 10.1. The first-order chi connectivity index (χ1) is 13.2. The molecule has 3 heterocycles. The van der Waals surface area contributed by atoms with Crippen molar-refractivity contribution < 1.29 is 0 Å². The van der Waals surface area contributed by atoms with Gasteiger partial charge in [-0.3, -0.25) is 4.98 Å². The van der Waals surface area contributed by atoms with Gasteiger partial charge in [-0.2, -0.15) is 0 Å². The molecule has 0 atom stereocenters. The Morgan fingerprint density at radius 2 is 1.89 bits per heavy atom. The van der Waals surface area contributed by atoms with Crippen molar-refractivity contribution in [3.63, 3.8) is 0 Å². The van der Waals surface area contributed by atoms with Crippen LogP contribution in [0, 0.1) is 0 Å². The maximum atomic E-state index is 6.32. The SMILES string of the molecule is Clc1ccc(CCc2nnc(-c3ccccn3)n2Cc2cccs2)c(Cl)c1. The molecule has 3 aromatic heterocycles. The lowest BCUT2D eigenvalue weighted by Crippen LogP contribution is -2.08. The molecule has 0 saturated heterocycles. The van der Waals surface area contributed by atoms with Crippen LogP contribution in [0.1, 0.15) is 16.3 Å².